The molecule has 7 nitrogen and oxygen atoms in total. The van der Waals surface area contributed by atoms with Crippen LogP contribution < -0.4 is 4.90 Å². The lowest BCUT2D eigenvalue weighted by molar-refractivity contribution is -0.133. The fourth-order valence-electron chi connectivity index (χ4n) is 5.41. The molecule has 0 radical (unpaired) electrons. The Balaban J connectivity index is 1.20. The molecular formula is C26H29ClN4O3. The Morgan fingerprint density at radius 1 is 1.00 bits per heavy atom. The number of amides is 3. The topological polar surface area (TPSA) is 64.2 Å². The van der Waals surface area contributed by atoms with Crippen molar-refractivity contribution in [2.75, 3.05) is 37.6 Å². The first-order valence-electron chi connectivity index (χ1n) is 11.9. The van der Waals surface area contributed by atoms with Gasteiger partial charge in [-0.1, -0.05) is 35.9 Å². The van der Waals surface area contributed by atoms with Crippen LogP contribution in [0.15, 0.2) is 48.5 Å². The van der Waals surface area contributed by atoms with Gasteiger partial charge in [0.05, 0.1) is 11.3 Å². The van der Waals surface area contributed by atoms with Crippen molar-refractivity contribution in [3.05, 3.63) is 64.7 Å². The molecule has 3 amide bonds. The second kappa shape index (κ2) is 9.04. The number of fused-ring (bicyclic) bond motifs is 3. The lowest BCUT2D eigenvalue weighted by Gasteiger charge is -2.48. The molecule has 1 atom stereocenters. The smallest absolute Gasteiger partial charge is 0.257 e. The van der Waals surface area contributed by atoms with Gasteiger partial charge in [0, 0.05) is 57.1 Å². The molecule has 3 heterocycles. The highest BCUT2D eigenvalue weighted by Gasteiger charge is 2.52. The van der Waals surface area contributed by atoms with Gasteiger partial charge in [-0.15, -0.1) is 0 Å². The van der Waals surface area contributed by atoms with Crippen molar-refractivity contribution in [3.63, 3.8) is 0 Å². The lowest BCUT2D eigenvalue weighted by Crippen LogP contribution is -2.62. The minimum Gasteiger partial charge on any atom is -0.340 e. The van der Waals surface area contributed by atoms with Gasteiger partial charge in [0.1, 0.15) is 5.66 Å². The summed E-state index contributed by atoms with van der Waals surface area (Å²) in [5.41, 5.74) is 1.69. The molecule has 2 aromatic carbocycles. The number of hydrogen-bond acceptors (Lipinski definition) is 4. The Bertz CT molecular complexity index is 1110. The molecule has 8 heteroatoms. The summed E-state index contributed by atoms with van der Waals surface area (Å²) in [4.78, 5) is 46.8. The van der Waals surface area contributed by atoms with Crippen LogP contribution in [0.4, 0.5) is 5.69 Å². The fraction of sp³-hybridized carbons (Fsp3) is 0.423. The van der Waals surface area contributed by atoms with E-state index in [0.717, 1.165) is 24.7 Å². The Labute approximate surface area is 204 Å². The highest BCUT2D eigenvalue weighted by Crippen LogP contribution is 2.44. The number of rotatable bonds is 5. The third-order valence-electron chi connectivity index (χ3n) is 7.34. The Morgan fingerprint density at radius 2 is 1.71 bits per heavy atom. The molecule has 2 fully saturated rings. The van der Waals surface area contributed by atoms with Crippen molar-refractivity contribution in [1.29, 1.82) is 0 Å². The molecule has 0 aromatic heterocycles. The fourth-order valence-corrected chi connectivity index (χ4v) is 5.54. The molecule has 178 valence electrons. The number of halogens is 1. The Hall–Kier alpha value is -2.90. The van der Waals surface area contributed by atoms with Crippen LogP contribution in [0.3, 0.4) is 0 Å². The van der Waals surface area contributed by atoms with Crippen molar-refractivity contribution >= 4 is 35.0 Å². The maximum absolute atomic E-state index is 13.3. The van der Waals surface area contributed by atoms with Crippen molar-refractivity contribution in [2.24, 2.45) is 0 Å². The summed E-state index contributed by atoms with van der Waals surface area (Å²) in [6, 6.07) is 15.1. The van der Waals surface area contributed by atoms with Gasteiger partial charge in [-0.25, -0.2) is 0 Å². The van der Waals surface area contributed by atoms with Crippen LogP contribution in [-0.4, -0.2) is 70.8 Å². The van der Waals surface area contributed by atoms with Crippen LogP contribution in [0.25, 0.3) is 0 Å². The summed E-state index contributed by atoms with van der Waals surface area (Å²) in [6.07, 6.45) is 1.23. The van der Waals surface area contributed by atoms with Crippen LogP contribution in [0, 0.1) is 0 Å². The predicted octanol–water partition coefficient (Wildman–Crippen LogP) is 3.37. The highest BCUT2D eigenvalue weighted by atomic mass is 35.5. The van der Waals surface area contributed by atoms with Crippen LogP contribution in [0.1, 0.15) is 42.1 Å². The molecule has 34 heavy (non-hydrogen) atoms. The third kappa shape index (κ3) is 4.07. The Kier molecular flexibility index (Phi) is 6.08. The van der Waals surface area contributed by atoms with E-state index in [1.807, 2.05) is 54.3 Å². The molecule has 0 N–H and O–H groups in total. The lowest BCUT2D eigenvalue weighted by atomic mass is 9.98. The largest absolute Gasteiger partial charge is 0.340 e. The zero-order valence-corrected chi connectivity index (χ0v) is 20.1. The van der Waals surface area contributed by atoms with Crippen LogP contribution in [0.5, 0.6) is 0 Å². The predicted molar refractivity (Wildman–Crippen MR) is 131 cm³/mol. The van der Waals surface area contributed by atoms with Crippen LogP contribution in [0.2, 0.25) is 5.02 Å². The maximum atomic E-state index is 13.3. The molecule has 1 unspecified atom stereocenters. The van der Waals surface area contributed by atoms with Gasteiger partial charge in [-0.2, -0.15) is 0 Å². The van der Waals surface area contributed by atoms with E-state index in [4.69, 9.17) is 11.6 Å². The van der Waals surface area contributed by atoms with Crippen molar-refractivity contribution in [2.45, 2.75) is 38.4 Å². The SMILES string of the molecule is CC12CCC(=O)N1c1ccccc1C(=O)N2CCC(=O)N1CCN(Cc2ccc(Cl)cc2)CC1. The minimum atomic E-state index is -0.722. The standard InChI is InChI=1S/C26H29ClN4O3/c1-26-12-10-24(33)31(26)22-5-3-2-4-21(22)25(34)30(26)13-11-23(32)29-16-14-28(15-17-29)18-19-6-8-20(27)9-7-19/h2-9H,10-18H2,1H3. The average Bonchev–Trinajstić information content (AvgIpc) is 3.15. The van der Waals surface area contributed by atoms with Crippen LogP contribution in [-0.2, 0) is 16.1 Å². The van der Waals surface area contributed by atoms with Gasteiger partial charge in [-0.3, -0.25) is 24.2 Å². The highest BCUT2D eigenvalue weighted by molar-refractivity contribution is 6.30. The summed E-state index contributed by atoms with van der Waals surface area (Å²) < 4.78 is 0. The summed E-state index contributed by atoms with van der Waals surface area (Å²) in [5, 5.41) is 0.730. The van der Waals surface area contributed by atoms with Crippen molar-refractivity contribution in [1.82, 2.24) is 14.7 Å². The second-order valence-corrected chi connectivity index (χ2v) is 9.89. The van der Waals surface area contributed by atoms with Crippen molar-refractivity contribution in [3.8, 4) is 0 Å². The third-order valence-corrected chi connectivity index (χ3v) is 7.59. The summed E-state index contributed by atoms with van der Waals surface area (Å²) in [5.74, 6) is -0.0301. The maximum Gasteiger partial charge on any atom is 0.257 e. The first kappa shape index (κ1) is 22.9. The molecule has 0 bridgehead atoms. The Morgan fingerprint density at radius 3 is 2.44 bits per heavy atom. The summed E-state index contributed by atoms with van der Waals surface area (Å²) in [6.45, 7) is 6.04. The van der Waals surface area contributed by atoms with Gasteiger partial charge in [0.25, 0.3) is 5.91 Å². The van der Waals surface area contributed by atoms with Gasteiger partial charge in [0.15, 0.2) is 0 Å². The van der Waals surface area contributed by atoms with E-state index < -0.39 is 5.66 Å². The molecule has 2 saturated heterocycles. The number of carbonyl (C=O) groups is 3. The number of hydrogen-bond donors (Lipinski definition) is 0. The van der Waals surface area contributed by atoms with Gasteiger partial charge < -0.3 is 9.80 Å². The molecule has 0 spiro atoms. The quantitative estimate of drug-likeness (QED) is 0.658. The molecule has 5 rings (SSSR count). The van der Waals surface area contributed by atoms with E-state index in [0.29, 0.717) is 43.7 Å². The normalized spacial score (nSPS) is 22.7. The minimum absolute atomic E-state index is 0.0237. The van der Waals surface area contributed by atoms with E-state index in [2.05, 4.69) is 4.90 Å². The average molecular weight is 481 g/mol. The van der Waals surface area contributed by atoms with E-state index in [1.54, 1.807) is 15.9 Å². The first-order chi connectivity index (χ1) is 16.4. The van der Waals surface area contributed by atoms with Gasteiger partial charge >= 0.3 is 0 Å². The first-order valence-corrected chi connectivity index (χ1v) is 12.2. The van der Waals surface area contributed by atoms with Crippen LogP contribution >= 0.6 is 11.6 Å². The number of nitrogens with zero attached hydrogens (tertiary/aromatic N) is 4. The van der Waals surface area contributed by atoms with E-state index in [-0.39, 0.29) is 24.1 Å². The summed E-state index contributed by atoms with van der Waals surface area (Å²) in [7, 11) is 0. The summed E-state index contributed by atoms with van der Waals surface area (Å²) >= 11 is 5.97. The van der Waals surface area contributed by atoms with E-state index in [9.17, 15) is 14.4 Å². The van der Waals surface area contributed by atoms with E-state index >= 15 is 0 Å². The monoisotopic (exact) mass is 480 g/mol. The molecule has 2 aromatic rings. The van der Waals surface area contributed by atoms with Gasteiger partial charge in [0.2, 0.25) is 11.8 Å². The zero-order valence-electron chi connectivity index (χ0n) is 19.4. The number of para-hydroxylation sites is 1. The molecule has 0 saturated carbocycles. The number of piperazine rings is 1. The zero-order chi connectivity index (χ0) is 23.9. The van der Waals surface area contributed by atoms with Gasteiger partial charge in [-0.05, 0) is 43.2 Å². The molecule has 3 aliphatic rings. The number of carbonyl (C=O) groups excluding carboxylic acids is 3. The second-order valence-electron chi connectivity index (χ2n) is 9.45. The molecular weight excluding hydrogens is 452 g/mol. The molecule has 3 aliphatic heterocycles. The van der Waals surface area contributed by atoms with Crippen molar-refractivity contribution < 1.29 is 14.4 Å². The molecule has 0 aliphatic carbocycles. The number of benzene rings is 2. The number of anilines is 1. The van der Waals surface area contributed by atoms with E-state index in [1.165, 1.54) is 5.56 Å².